The number of Topliss-reactive ketones (excluding diaryl/α,β-unsaturated/α-hetero) is 1. The van der Waals surface area contributed by atoms with E-state index in [4.69, 9.17) is 11.6 Å². The fourth-order valence-electron chi connectivity index (χ4n) is 2.66. The van der Waals surface area contributed by atoms with Crippen LogP contribution < -0.4 is 0 Å². The van der Waals surface area contributed by atoms with Gasteiger partial charge in [-0.2, -0.15) is 0 Å². The minimum absolute atomic E-state index is 0.110. The van der Waals surface area contributed by atoms with Crippen molar-refractivity contribution in [3.8, 4) is 0 Å². The molecule has 0 aliphatic carbocycles. The second-order valence-corrected chi connectivity index (χ2v) is 6.50. The number of nitrogens with zero attached hydrogens (tertiary/aromatic N) is 2. The minimum Gasteiger partial charge on any atom is -0.299 e. The lowest BCUT2D eigenvalue weighted by Gasteiger charge is -2.46. The number of piperazine rings is 3. The van der Waals surface area contributed by atoms with Crippen LogP contribution in [0.25, 0.3) is 0 Å². The van der Waals surface area contributed by atoms with Crippen LogP contribution in [-0.2, 0) is 11.2 Å². The van der Waals surface area contributed by atoms with E-state index in [0.717, 1.165) is 41.9 Å². The molecule has 17 heavy (non-hydrogen) atoms. The summed E-state index contributed by atoms with van der Waals surface area (Å²) in [6, 6.07) is 3.94. The molecule has 3 saturated heterocycles. The summed E-state index contributed by atoms with van der Waals surface area (Å²) in [5.74, 6) is 0.341. The summed E-state index contributed by atoms with van der Waals surface area (Å²) in [6.07, 6.45) is 0.534. The van der Waals surface area contributed by atoms with Gasteiger partial charge in [0, 0.05) is 44.0 Å². The maximum absolute atomic E-state index is 12.3. The number of carbonyl (C=O) groups is 1. The van der Waals surface area contributed by atoms with E-state index < -0.39 is 0 Å². The summed E-state index contributed by atoms with van der Waals surface area (Å²) >= 11 is 7.39. The summed E-state index contributed by atoms with van der Waals surface area (Å²) in [5, 5.41) is 0. The SMILES string of the molecule is O=C(Cc1ccc(Cl)s1)C1CN2CCN1CC2. The van der Waals surface area contributed by atoms with Gasteiger partial charge in [0.05, 0.1) is 10.4 Å². The number of hydrogen-bond donors (Lipinski definition) is 0. The van der Waals surface area contributed by atoms with Gasteiger partial charge in [-0.05, 0) is 12.1 Å². The Bertz CT molecular complexity index is 426. The molecule has 3 aliphatic rings. The molecule has 5 heteroatoms. The first kappa shape index (κ1) is 11.7. The molecule has 1 aromatic heterocycles. The summed E-state index contributed by atoms with van der Waals surface area (Å²) in [4.78, 5) is 18.1. The van der Waals surface area contributed by atoms with Crippen LogP contribution in [0.4, 0.5) is 0 Å². The van der Waals surface area contributed by atoms with Crippen LogP contribution in [0.1, 0.15) is 4.88 Å². The first-order valence-electron chi connectivity index (χ1n) is 5.96. The third-order valence-electron chi connectivity index (χ3n) is 3.63. The topological polar surface area (TPSA) is 23.6 Å². The molecule has 1 atom stereocenters. The molecule has 92 valence electrons. The van der Waals surface area contributed by atoms with Crippen LogP contribution in [0.2, 0.25) is 4.34 Å². The fraction of sp³-hybridized carbons (Fsp3) is 0.583. The Labute approximate surface area is 110 Å². The van der Waals surface area contributed by atoms with Crippen molar-refractivity contribution in [1.29, 1.82) is 0 Å². The Morgan fingerprint density at radius 3 is 2.65 bits per heavy atom. The van der Waals surface area contributed by atoms with Gasteiger partial charge in [0.15, 0.2) is 5.78 Å². The maximum Gasteiger partial charge on any atom is 0.156 e. The Kier molecular flexibility index (Phi) is 3.21. The highest BCUT2D eigenvalue weighted by molar-refractivity contribution is 7.16. The third kappa shape index (κ3) is 2.40. The van der Waals surface area contributed by atoms with E-state index in [0.29, 0.717) is 12.2 Å². The van der Waals surface area contributed by atoms with Crippen LogP contribution >= 0.6 is 22.9 Å². The monoisotopic (exact) mass is 270 g/mol. The van der Waals surface area contributed by atoms with Crippen LogP contribution in [0.5, 0.6) is 0 Å². The van der Waals surface area contributed by atoms with Crippen LogP contribution in [0.3, 0.4) is 0 Å². The molecule has 3 fully saturated rings. The second kappa shape index (κ2) is 4.69. The van der Waals surface area contributed by atoms with Gasteiger partial charge in [0.25, 0.3) is 0 Å². The molecule has 2 bridgehead atoms. The Balaban J connectivity index is 1.66. The van der Waals surface area contributed by atoms with Crippen molar-refractivity contribution >= 4 is 28.7 Å². The van der Waals surface area contributed by atoms with E-state index in [2.05, 4.69) is 9.80 Å². The second-order valence-electron chi connectivity index (χ2n) is 4.70. The van der Waals surface area contributed by atoms with Crippen LogP contribution in [0.15, 0.2) is 12.1 Å². The summed E-state index contributed by atoms with van der Waals surface area (Å²) in [5.41, 5.74) is 0. The molecule has 0 N–H and O–H groups in total. The van der Waals surface area contributed by atoms with Crippen molar-refractivity contribution in [1.82, 2.24) is 9.80 Å². The Morgan fingerprint density at radius 1 is 1.35 bits per heavy atom. The van der Waals surface area contributed by atoms with Gasteiger partial charge < -0.3 is 0 Å². The number of thiophene rings is 1. The minimum atomic E-state index is 0.110. The van der Waals surface area contributed by atoms with Gasteiger partial charge in [0.1, 0.15) is 0 Å². The van der Waals surface area contributed by atoms with Gasteiger partial charge in [-0.1, -0.05) is 11.6 Å². The smallest absolute Gasteiger partial charge is 0.156 e. The van der Waals surface area contributed by atoms with E-state index in [-0.39, 0.29) is 6.04 Å². The van der Waals surface area contributed by atoms with Gasteiger partial charge in [-0.15, -0.1) is 11.3 Å². The molecule has 0 spiro atoms. The van der Waals surface area contributed by atoms with Crippen molar-refractivity contribution in [3.05, 3.63) is 21.3 Å². The number of fused-ring (bicyclic) bond motifs is 3. The fourth-order valence-corrected chi connectivity index (χ4v) is 3.76. The zero-order valence-corrected chi connectivity index (χ0v) is 11.1. The van der Waals surface area contributed by atoms with E-state index in [1.807, 2.05) is 12.1 Å². The maximum atomic E-state index is 12.3. The highest BCUT2D eigenvalue weighted by Crippen LogP contribution is 2.24. The molecule has 0 aromatic carbocycles. The molecule has 0 radical (unpaired) electrons. The predicted octanol–water partition coefficient (Wildman–Crippen LogP) is 1.51. The largest absolute Gasteiger partial charge is 0.299 e. The average Bonchev–Trinajstić information content (AvgIpc) is 2.76. The molecule has 3 nitrogen and oxygen atoms in total. The van der Waals surface area contributed by atoms with Gasteiger partial charge in [-0.3, -0.25) is 14.6 Å². The summed E-state index contributed by atoms with van der Waals surface area (Å²) in [7, 11) is 0. The predicted molar refractivity (Wildman–Crippen MR) is 69.8 cm³/mol. The number of ketones is 1. The standard InChI is InChI=1S/C12H15ClN2OS/c13-12-2-1-9(17-12)7-11(16)10-8-14-3-5-15(10)6-4-14/h1-2,10H,3-8H2. The highest BCUT2D eigenvalue weighted by atomic mass is 35.5. The average molecular weight is 271 g/mol. The normalized spacial score (nSPS) is 31.7. The van der Waals surface area contributed by atoms with Gasteiger partial charge in [-0.25, -0.2) is 0 Å². The Morgan fingerprint density at radius 2 is 2.12 bits per heavy atom. The lowest BCUT2D eigenvalue weighted by atomic mass is 10.0. The molecule has 4 heterocycles. The van der Waals surface area contributed by atoms with Crippen molar-refractivity contribution in [2.24, 2.45) is 0 Å². The summed E-state index contributed by atoms with van der Waals surface area (Å²) < 4.78 is 0.766. The molecule has 3 aliphatic heterocycles. The number of rotatable bonds is 3. The van der Waals surface area contributed by atoms with E-state index in [9.17, 15) is 4.79 Å². The number of hydrogen-bond acceptors (Lipinski definition) is 4. The van der Waals surface area contributed by atoms with Gasteiger partial charge >= 0.3 is 0 Å². The number of halogens is 1. The van der Waals surface area contributed by atoms with Crippen LogP contribution in [-0.4, -0.2) is 54.3 Å². The highest BCUT2D eigenvalue weighted by Gasteiger charge is 2.35. The van der Waals surface area contributed by atoms with E-state index in [1.54, 1.807) is 0 Å². The molecule has 0 saturated carbocycles. The molecular weight excluding hydrogens is 256 g/mol. The quantitative estimate of drug-likeness (QED) is 0.832. The molecular formula is C12H15ClN2OS. The van der Waals surface area contributed by atoms with E-state index in [1.165, 1.54) is 11.3 Å². The molecule has 1 aromatic rings. The zero-order chi connectivity index (χ0) is 11.8. The first-order chi connectivity index (χ1) is 8.22. The van der Waals surface area contributed by atoms with Crippen molar-refractivity contribution in [2.45, 2.75) is 12.5 Å². The van der Waals surface area contributed by atoms with Gasteiger partial charge in [0.2, 0.25) is 0 Å². The van der Waals surface area contributed by atoms with Crippen molar-refractivity contribution in [2.75, 3.05) is 32.7 Å². The Hall–Kier alpha value is -0.420. The lowest BCUT2D eigenvalue weighted by Crippen LogP contribution is -2.63. The summed E-state index contributed by atoms with van der Waals surface area (Å²) in [6.45, 7) is 5.24. The number of carbonyl (C=O) groups excluding carboxylic acids is 1. The lowest BCUT2D eigenvalue weighted by molar-refractivity contribution is -0.128. The molecule has 1 unspecified atom stereocenters. The van der Waals surface area contributed by atoms with E-state index >= 15 is 0 Å². The molecule has 0 amide bonds. The zero-order valence-electron chi connectivity index (χ0n) is 9.56. The van der Waals surface area contributed by atoms with Crippen molar-refractivity contribution < 1.29 is 4.79 Å². The third-order valence-corrected chi connectivity index (χ3v) is 4.86. The molecule has 4 rings (SSSR count). The van der Waals surface area contributed by atoms with Crippen LogP contribution in [0, 0.1) is 0 Å². The van der Waals surface area contributed by atoms with Crippen molar-refractivity contribution in [3.63, 3.8) is 0 Å². The first-order valence-corrected chi connectivity index (χ1v) is 7.15.